The van der Waals surface area contributed by atoms with Crippen LogP contribution in [0.1, 0.15) is 16.2 Å². The lowest BCUT2D eigenvalue weighted by Crippen LogP contribution is -2.13. The van der Waals surface area contributed by atoms with Gasteiger partial charge in [-0.2, -0.15) is 0 Å². The van der Waals surface area contributed by atoms with Gasteiger partial charge in [0.1, 0.15) is 5.69 Å². The van der Waals surface area contributed by atoms with Crippen molar-refractivity contribution in [2.24, 2.45) is 0 Å². The normalized spacial score (nSPS) is 10.7. The fourth-order valence-corrected chi connectivity index (χ4v) is 2.73. The Kier molecular flexibility index (Phi) is 3.08. The molecule has 20 heavy (non-hydrogen) atoms. The van der Waals surface area contributed by atoms with E-state index in [4.69, 9.17) is 5.73 Å². The second-order valence-corrected chi connectivity index (χ2v) is 5.40. The summed E-state index contributed by atoms with van der Waals surface area (Å²) in [7, 11) is 0. The molecule has 0 fully saturated rings. The van der Waals surface area contributed by atoms with Gasteiger partial charge in [-0.1, -0.05) is 17.4 Å². The highest BCUT2D eigenvalue weighted by Crippen LogP contribution is 2.27. The van der Waals surface area contributed by atoms with Crippen LogP contribution in [-0.2, 0) is 0 Å². The molecule has 1 amide bonds. The molecule has 1 aromatic carbocycles. The molecule has 2 heterocycles. The number of aromatic nitrogens is 2. The highest BCUT2D eigenvalue weighted by molar-refractivity contribution is 7.22. The molecule has 0 saturated carbocycles. The number of carbonyl (C=O) groups is 1. The molecule has 3 aromatic rings. The number of nitrogens with zero attached hydrogens (tertiary/aromatic N) is 2. The summed E-state index contributed by atoms with van der Waals surface area (Å²) in [5.74, 6) is -0.263. The van der Waals surface area contributed by atoms with Crippen LogP contribution < -0.4 is 11.1 Å². The van der Waals surface area contributed by atoms with Crippen LogP contribution in [0, 0.1) is 6.92 Å². The Morgan fingerprint density at radius 1 is 1.25 bits per heavy atom. The third kappa shape index (κ3) is 2.46. The van der Waals surface area contributed by atoms with Crippen molar-refractivity contribution in [2.45, 2.75) is 6.92 Å². The number of carbonyl (C=O) groups excluding carboxylic acids is 1. The molecule has 0 aliphatic rings. The van der Waals surface area contributed by atoms with Crippen molar-refractivity contribution in [3.05, 3.63) is 47.8 Å². The number of anilines is 2. The van der Waals surface area contributed by atoms with E-state index < -0.39 is 0 Å². The highest BCUT2D eigenvalue weighted by Gasteiger charge is 2.11. The molecule has 3 rings (SSSR count). The van der Waals surface area contributed by atoms with Crippen LogP contribution in [0.3, 0.4) is 0 Å². The molecular weight excluding hydrogens is 272 g/mol. The van der Waals surface area contributed by atoms with E-state index in [-0.39, 0.29) is 5.91 Å². The van der Waals surface area contributed by atoms with Gasteiger partial charge in [-0.25, -0.2) is 9.97 Å². The third-order valence-electron chi connectivity index (χ3n) is 2.75. The number of aryl methyl sites for hydroxylation is 1. The average Bonchev–Trinajstić information content (AvgIpc) is 2.80. The van der Waals surface area contributed by atoms with E-state index in [9.17, 15) is 4.79 Å². The summed E-state index contributed by atoms with van der Waals surface area (Å²) in [6.07, 6.45) is 0. The van der Waals surface area contributed by atoms with Gasteiger partial charge in [0.15, 0.2) is 5.13 Å². The molecular formula is C14H12N4OS. The number of thiazole rings is 1. The number of benzene rings is 1. The lowest BCUT2D eigenvalue weighted by molar-refractivity contribution is 0.102. The second-order valence-electron chi connectivity index (χ2n) is 4.36. The molecule has 5 nitrogen and oxygen atoms in total. The minimum atomic E-state index is -0.263. The number of hydrogen-bond donors (Lipinski definition) is 2. The lowest BCUT2D eigenvalue weighted by atomic mass is 10.3. The summed E-state index contributed by atoms with van der Waals surface area (Å²) >= 11 is 1.39. The predicted molar refractivity (Wildman–Crippen MR) is 81.0 cm³/mol. The van der Waals surface area contributed by atoms with Crippen molar-refractivity contribution < 1.29 is 4.79 Å². The lowest BCUT2D eigenvalue weighted by Gasteiger charge is -2.01. The Balaban J connectivity index is 1.87. The van der Waals surface area contributed by atoms with Crippen LogP contribution in [0.2, 0.25) is 0 Å². The number of pyridine rings is 1. The zero-order chi connectivity index (χ0) is 14.1. The Labute approximate surface area is 119 Å². The molecule has 6 heteroatoms. The number of amides is 1. The Morgan fingerprint density at radius 3 is 2.90 bits per heavy atom. The number of hydrogen-bond acceptors (Lipinski definition) is 5. The van der Waals surface area contributed by atoms with Gasteiger partial charge in [-0.3, -0.25) is 10.1 Å². The van der Waals surface area contributed by atoms with Crippen LogP contribution in [-0.4, -0.2) is 15.9 Å². The molecule has 0 unspecified atom stereocenters. The van der Waals surface area contributed by atoms with Gasteiger partial charge in [0.25, 0.3) is 5.91 Å². The van der Waals surface area contributed by atoms with Gasteiger partial charge in [-0.05, 0) is 37.3 Å². The minimum absolute atomic E-state index is 0.263. The Morgan fingerprint density at radius 2 is 2.10 bits per heavy atom. The molecule has 0 aliphatic carbocycles. The number of nitrogen functional groups attached to an aromatic ring is 1. The van der Waals surface area contributed by atoms with Crippen LogP contribution in [0.15, 0.2) is 36.4 Å². The fourth-order valence-electron chi connectivity index (χ4n) is 1.83. The molecule has 100 valence electrons. The highest BCUT2D eigenvalue weighted by atomic mass is 32.1. The zero-order valence-corrected chi connectivity index (χ0v) is 11.6. The monoisotopic (exact) mass is 284 g/mol. The summed E-state index contributed by atoms with van der Waals surface area (Å²) in [5.41, 5.74) is 8.40. The van der Waals surface area contributed by atoms with Gasteiger partial charge in [0.2, 0.25) is 0 Å². The Hall–Kier alpha value is -2.47. The van der Waals surface area contributed by atoms with E-state index in [0.29, 0.717) is 16.5 Å². The quantitative estimate of drug-likeness (QED) is 0.709. The molecule has 0 aliphatic heterocycles. The number of fused-ring (bicyclic) bond motifs is 1. The van der Waals surface area contributed by atoms with E-state index in [2.05, 4.69) is 15.3 Å². The van der Waals surface area contributed by atoms with Gasteiger partial charge in [-0.15, -0.1) is 0 Å². The molecule has 0 atom stereocenters. The number of nitrogens with two attached hydrogens (primary N) is 1. The first kappa shape index (κ1) is 12.6. The molecule has 0 spiro atoms. The first-order valence-electron chi connectivity index (χ1n) is 6.03. The Bertz CT molecular complexity index is 797. The van der Waals surface area contributed by atoms with Crippen molar-refractivity contribution in [1.82, 2.24) is 9.97 Å². The van der Waals surface area contributed by atoms with Crippen molar-refractivity contribution in [2.75, 3.05) is 11.1 Å². The summed E-state index contributed by atoms with van der Waals surface area (Å²) in [6.45, 7) is 1.84. The summed E-state index contributed by atoms with van der Waals surface area (Å²) in [4.78, 5) is 20.6. The van der Waals surface area contributed by atoms with Crippen molar-refractivity contribution in [1.29, 1.82) is 0 Å². The standard InChI is InChI=1S/C14H12N4OS/c1-8-3-2-4-11(16-8)13(19)18-14-17-10-6-5-9(15)7-12(10)20-14/h2-7H,15H2,1H3,(H,17,18,19). The molecule has 0 bridgehead atoms. The number of nitrogens with one attached hydrogen (secondary N) is 1. The first-order chi connectivity index (χ1) is 9.61. The van der Waals surface area contributed by atoms with E-state index in [1.807, 2.05) is 25.1 Å². The smallest absolute Gasteiger partial charge is 0.276 e. The van der Waals surface area contributed by atoms with Gasteiger partial charge in [0, 0.05) is 11.4 Å². The van der Waals surface area contributed by atoms with Gasteiger partial charge in [0.05, 0.1) is 10.2 Å². The van der Waals surface area contributed by atoms with Crippen LogP contribution >= 0.6 is 11.3 Å². The second kappa shape index (κ2) is 4.90. The largest absolute Gasteiger partial charge is 0.399 e. The summed E-state index contributed by atoms with van der Waals surface area (Å²) in [5, 5.41) is 3.30. The maximum absolute atomic E-state index is 12.1. The fraction of sp³-hybridized carbons (Fsp3) is 0.0714. The molecule has 0 radical (unpaired) electrons. The molecule has 2 aromatic heterocycles. The van der Waals surface area contributed by atoms with Crippen LogP contribution in [0.25, 0.3) is 10.2 Å². The van der Waals surface area contributed by atoms with E-state index in [1.54, 1.807) is 18.2 Å². The van der Waals surface area contributed by atoms with E-state index >= 15 is 0 Å². The number of rotatable bonds is 2. The van der Waals surface area contributed by atoms with Crippen molar-refractivity contribution >= 4 is 38.3 Å². The van der Waals surface area contributed by atoms with E-state index in [0.717, 1.165) is 15.9 Å². The topological polar surface area (TPSA) is 80.9 Å². The summed E-state index contributed by atoms with van der Waals surface area (Å²) in [6, 6.07) is 10.8. The van der Waals surface area contributed by atoms with Crippen LogP contribution in [0.4, 0.5) is 10.8 Å². The SMILES string of the molecule is Cc1cccc(C(=O)Nc2nc3ccc(N)cc3s2)n1. The van der Waals surface area contributed by atoms with Crippen molar-refractivity contribution in [3.8, 4) is 0 Å². The molecule has 0 saturated heterocycles. The third-order valence-corrected chi connectivity index (χ3v) is 3.69. The molecule has 3 N–H and O–H groups in total. The van der Waals surface area contributed by atoms with Crippen molar-refractivity contribution in [3.63, 3.8) is 0 Å². The predicted octanol–water partition coefficient (Wildman–Crippen LogP) is 2.83. The summed E-state index contributed by atoms with van der Waals surface area (Å²) < 4.78 is 0.942. The maximum atomic E-state index is 12.1. The average molecular weight is 284 g/mol. The van der Waals surface area contributed by atoms with E-state index in [1.165, 1.54) is 11.3 Å². The zero-order valence-electron chi connectivity index (χ0n) is 10.8. The first-order valence-corrected chi connectivity index (χ1v) is 6.84. The van der Waals surface area contributed by atoms with Crippen LogP contribution in [0.5, 0.6) is 0 Å². The van der Waals surface area contributed by atoms with Gasteiger partial charge >= 0.3 is 0 Å². The van der Waals surface area contributed by atoms with Gasteiger partial charge < -0.3 is 5.73 Å². The minimum Gasteiger partial charge on any atom is -0.399 e. The maximum Gasteiger partial charge on any atom is 0.276 e.